The summed E-state index contributed by atoms with van der Waals surface area (Å²) in [6.45, 7) is 3.57. The largest absolute Gasteiger partial charge is 0.333 e. The summed E-state index contributed by atoms with van der Waals surface area (Å²) in [5.41, 5.74) is 1.81. The molecule has 2 aromatic rings. The van der Waals surface area contributed by atoms with Gasteiger partial charge in [-0.3, -0.25) is 14.6 Å². The Morgan fingerprint density at radius 2 is 1.96 bits per heavy atom. The monoisotopic (exact) mass is 359 g/mol. The zero-order valence-electron chi connectivity index (χ0n) is 13.8. The van der Waals surface area contributed by atoms with E-state index in [4.69, 9.17) is 0 Å². The van der Waals surface area contributed by atoms with E-state index in [0.717, 1.165) is 19.5 Å². The molecule has 1 aromatic carbocycles. The molecule has 5 nitrogen and oxygen atoms in total. The number of hydrogen-bond acceptors (Lipinski definition) is 4. The first-order valence-electron chi connectivity index (χ1n) is 8.22. The Hall–Kier alpha value is -2.25. The van der Waals surface area contributed by atoms with Crippen molar-refractivity contribution in [3.8, 4) is 0 Å². The van der Waals surface area contributed by atoms with E-state index in [0.29, 0.717) is 5.69 Å². The fourth-order valence-corrected chi connectivity index (χ4v) is 4.31. The van der Waals surface area contributed by atoms with Crippen molar-refractivity contribution in [3.05, 3.63) is 52.0 Å². The Morgan fingerprint density at radius 3 is 2.72 bits per heavy atom. The second-order valence-corrected chi connectivity index (χ2v) is 7.38. The van der Waals surface area contributed by atoms with Crippen LogP contribution >= 0.6 is 11.3 Å². The van der Waals surface area contributed by atoms with Gasteiger partial charge in [-0.25, -0.2) is 14.1 Å². The van der Waals surface area contributed by atoms with Gasteiger partial charge >= 0.3 is 6.03 Å². The fourth-order valence-electron chi connectivity index (χ4n) is 3.42. The molecule has 1 atom stereocenters. The number of halogens is 1. The Labute approximate surface area is 149 Å². The number of anilines is 1. The fraction of sp³-hybridized carbons (Fsp3) is 0.333. The summed E-state index contributed by atoms with van der Waals surface area (Å²) >= 11 is 1.76. The Bertz CT molecular complexity index is 820. The van der Waals surface area contributed by atoms with Gasteiger partial charge < -0.3 is 0 Å². The lowest BCUT2D eigenvalue weighted by Gasteiger charge is -2.29. The lowest BCUT2D eigenvalue weighted by molar-refractivity contribution is -0.128. The number of thiophene rings is 1. The average Bonchev–Trinajstić information content (AvgIpc) is 3.15. The van der Waals surface area contributed by atoms with Crippen LogP contribution in [-0.4, -0.2) is 41.0 Å². The van der Waals surface area contributed by atoms with Crippen LogP contribution in [0.5, 0.6) is 0 Å². The van der Waals surface area contributed by atoms with Gasteiger partial charge in [0, 0.05) is 23.7 Å². The maximum atomic E-state index is 13.1. The Balaban J connectivity index is 1.52. The minimum Gasteiger partial charge on any atom is -0.282 e. The van der Waals surface area contributed by atoms with Crippen LogP contribution in [0, 0.1) is 5.82 Å². The molecule has 0 spiro atoms. The van der Waals surface area contributed by atoms with E-state index >= 15 is 0 Å². The number of urea groups is 1. The lowest BCUT2D eigenvalue weighted by Crippen LogP contribution is -2.44. The number of carbonyl (C=O) groups is 2. The molecule has 1 fully saturated rings. The number of benzene rings is 1. The SMILES string of the molecule is CC1C(=O)N(CN2CCc3sccc3C2)C(=O)N1c1ccc(F)cc1. The van der Waals surface area contributed by atoms with Crippen LogP contribution in [0.4, 0.5) is 14.9 Å². The number of fused-ring (bicyclic) bond motifs is 1. The van der Waals surface area contributed by atoms with Gasteiger partial charge in [0.05, 0.1) is 6.67 Å². The number of imide groups is 1. The molecular weight excluding hydrogens is 341 g/mol. The summed E-state index contributed by atoms with van der Waals surface area (Å²) in [6, 6.07) is 6.82. The number of nitrogens with zero attached hydrogens (tertiary/aromatic N) is 3. The van der Waals surface area contributed by atoms with Crippen LogP contribution in [0.3, 0.4) is 0 Å². The molecule has 2 aliphatic heterocycles. The standard InChI is InChI=1S/C18H18FN3O2S/c1-12-17(23)21(11-20-8-6-16-13(10-20)7-9-25-16)18(24)22(12)15-4-2-14(19)3-5-15/h2-5,7,9,12H,6,8,10-11H2,1H3. The molecule has 0 bridgehead atoms. The van der Waals surface area contributed by atoms with Crippen molar-refractivity contribution in [2.75, 3.05) is 18.1 Å². The number of amides is 3. The molecule has 25 heavy (non-hydrogen) atoms. The van der Waals surface area contributed by atoms with Crippen LogP contribution in [0.2, 0.25) is 0 Å². The topological polar surface area (TPSA) is 43.9 Å². The normalized spacial score (nSPS) is 21.1. The van der Waals surface area contributed by atoms with Gasteiger partial charge in [-0.1, -0.05) is 0 Å². The van der Waals surface area contributed by atoms with E-state index in [1.807, 2.05) is 0 Å². The molecule has 3 amide bonds. The molecule has 3 heterocycles. The zero-order valence-corrected chi connectivity index (χ0v) is 14.6. The highest BCUT2D eigenvalue weighted by molar-refractivity contribution is 7.10. The first-order valence-corrected chi connectivity index (χ1v) is 9.10. The zero-order chi connectivity index (χ0) is 17.6. The number of carbonyl (C=O) groups excluding carboxylic acids is 2. The maximum absolute atomic E-state index is 13.1. The van der Waals surface area contributed by atoms with Crippen molar-refractivity contribution in [2.45, 2.75) is 25.9 Å². The predicted octanol–water partition coefficient (Wildman–Crippen LogP) is 3.06. The van der Waals surface area contributed by atoms with Crippen LogP contribution in [-0.2, 0) is 17.8 Å². The van der Waals surface area contributed by atoms with E-state index in [-0.39, 0.29) is 24.4 Å². The van der Waals surface area contributed by atoms with Crippen molar-refractivity contribution in [1.82, 2.24) is 9.80 Å². The molecule has 4 rings (SSSR count). The smallest absolute Gasteiger partial charge is 0.282 e. The van der Waals surface area contributed by atoms with E-state index in [1.54, 1.807) is 18.3 Å². The van der Waals surface area contributed by atoms with E-state index < -0.39 is 6.04 Å². The highest BCUT2D eigenvalue weighted by atomic mass is 32.1. The average molecular weight is 359 g/mol. The van der Waals surface area contributed by atoms with Gasteiger partial charge in [-0.15, -0.1) is 11.3 Å². The number of hydrogen-bond donors (Lipinski definition) is 0. The minimum absolute atomic E-state index is 0.217. The summed E-state index contributed by atoms with van der Waals surface area (Å²) in [5.74, 6) is -0.587. The molecule has 0 saturated carbocycles. The van der Waals surface area contributed by atoms with Crippen molar-refractivity contribution in [2.24, 2.45) is 0 Å². The molecule has 1 aromatic heterocycles. The van der Waals surface area contributed by atoms with Crippen molar-refractivity contribution < 1.29 is 14.0 Å². The first-order chi connectivity index (χ1) is 12.0. The molecule has 0 radical (unpaired) electrons. The summed E-state index contributed by atoms with van der Waals surface area (Å²) in [4.78, 5) is 31.6. The van der Waals surface area contributed by atoms with Crippen molar-refractivity contribution >= 4 is 29.0 Å². The third kappa shape index (κ3) is 2.83. The van der Waals surface area contributed by atoms with Crippen molar-refractivity contribution in [3.63, 3.8) is 0 Å². The van der Waals surface area contributed by atoms with E-state index in [2.05, 4.69) is 16.3 Å². The van der Waals surface area contributed by atoms with E-state index in [9.17, 15) is 14.0 Å². The molecule has 0 N–H and O–H groups in total. The third-order valence-electron chi connectivity index (χ3n) is 4.78. The summed E-state index contributed by atoms with van der Waals surface area (Å²) < 4.78 is 13.1. The molecular formula is C18H18FN3O2S. The highest BCUT2D eigenvalue weighted by Crippen LogP contribution is 2.28. The first kappa shape index (κ1) is 16.2. The van der Waals surface area contributed by atoms with Gasteiger partial charge in [-0.05, 0) is 54.6 Å². The molecule has 0 aliphatic carbocycles. The molecule has 1 unspecified atom stereocenters. The lowest BCUT2D eigenvalue weighted by atomic mass is 10.1. The van der Waals surface area contributed by atoms with Crippen LogP contribution < -0.4 is 4.90 Å². The summed E-state index contributed by atoms with van der Waals surface area (Å²) in [6.07, 6.45) is 0.945. The van der Waals surface area contributed by atoms with Crippen LogP contribution in [0.25, 0.3) is 0 Å². The van der Waals surface area contributed by atoms with Crippen LogP contribution in [0.15, 0.2) is 35.7 Å². The molecule has 1 saturated heterocycles. The van der Waals surface area contributed by atoms with Gasteiger partial charge in [0.25, 0.3) is 5.91 Å². The summed E-state index contributed by atoms with van der Waals surface area (Å²) in [5, 5.41) is 2.08. The van der Waals surface area contributed by atoms with Crippen molar-refractivity contribution in [1.29, 1.82) is 0 Å². The molecule has 130 valence electrons. The summed E-state index contributed by atoms with van der Waals surface area (Å²) in [7, 11) is 0. The quantitative estimate of drug-likeness (QED) is 0.791. The Morgan fingerprint density at radius 1 is 1.20 bits per heavy atom. The van der Waals surface area contributed by atoms with Crippen LogP contribution in [0.1, 0.15) is 17.4 Å². The highest BCUT2D eigenvalue weighted by Gasteiger charge is 2.44. The second-order valence-electron chi connectivity index (χ2n) is 6.38. The molecule has 2 aliphatic rings. The predicted molar refractivity (Wildman–Crippen MR) is 93.9 cm³/mol. The minimum atomic E-state index is -0.584. The maximum Gasteiger partial charge on any atom is 0.333 e. The molecule has 7 heteroatoms. The Kier molecular flexibility index (Phi) is 4.05. The number of rotatable bonds is 3. The second kappa shape index (κ2) is 6.24. The van der Waals surface area contributed by atoms with Gasteiger partial charge in [0.2, 0.25) is 0 Å². The third-order valence-corrected chi connectivity index (χ3v) is 5.80. The van der Waals surface area contributed by atoms with Gasteiger partial charge in [0.15, 0.2) is 0 Å². The van der Waals surface area contributed by atoms with Gasteiger partial charge in [-0.2, -0.15) is 0 Å². The van der Waals surface area contributed by atoms with Gasteiger partial charge in [0.1, 0.15) is 11.9 Å². The van der Waals surface area contributed by atoms with E-state index in [1.165, 1.54) is 44.5 Å².